The molecular formula is C21H25ClN2O5. The van der Waals surface area contributed by atoms with E-state index in [0.717, 1.165) is 5.56 Å². The number of carbonyl (C=O) groups is 2. The van der Waals surface area contributed by atoms with Gasteiger partial charge in [0.25, 0.3) is 5.91 Å². The summed E-state index contributed by atoms with van der Waals surface area (Å²) in [6, 6.07) is 11.5. The number of halogens is 1. The summed E-state index contributed by atoms with van der Waals surface area (Å²) in [5, 5.41) is 3.13. The average Bonchev–Trinajstić information content (AvgIpc) is 2.74. The first-order chi connectivity index (χ1) is 13.9. The Bertz CT molecular complexity index is 836. The molecule has 29 heavy (non-hydrogen) atoms. The molecule has 8 heteroatoms. The Balaban J connectivity index is 2.17. The van der Waals surface area contributed by atoms with Crippen LogP contribution in [-0.4, -0.2) is 50.6 Å². The van der Waals surface area contributed by atoms with Crippen molar-refractivity contribution in [3.8, 4) is 17.2 Å². The van der Waals surface area contributed by atoms with Gasteiger partial charge in [-0.3, -0.25) is 9.59 Å². The normalized spacial score (nSPS) is 11.3. The van der Waals surface area contributed by atoms with E-state index >= 15 is 0 Å². The zero-order chi connectivity index (χ0) is 21.4. The van der Waals surface area contributed by atoms with Gasteiger partial charge in [-0.25, -0.2) is 0 Å². The highest BCUT2D eigenvalue weighted by molar-refractivity contribution is 6.30. The fraction of sp³-hybridized carbons (Fsp3) is 0.333. The molecule has 7 nitrogen and oxygen atoms in total. The van der Waals surface area contributed by atoms with Crippen molar-refractivity contribution < 1.29 is 23.8 Å². The highest BCUT2D eigenvalue weighted by atomic mass is 35.5. The van der Waals surface area contributed by atoms with Crippen LogP contribution in [0.25, 0.3) is 0 Å². The lowest BCUT2D eigenvalue weighted by Crippen LogP contribution is -2.48. The molecule has 0 unspecified atom stereocenters. The van der Waals surface area contributed by atoms with Crippen molar-refractivity contribution in [2.24, 2.45) is 0 Å². The second-order valence-corrected chi connectivity index (χ2v) is 6.72. The molecule has 2 aromatic carbocycles. The first kappa shape index (κ1) is 22.4. The lowest BCUT2D eigenvalue weighted by molar-refractivity contribution is -0.142. The molecule has 2 amide bonds. The molecule has 0 heterocycles. The lowest BCUT2D eigenvalue weighted by atomic mass is 10.1. The molecule has 2 aromatic rings. The van der Waals surface area contributed by atoms with Crippen LogP contribution < -0.4 is 19.5 Å². The third kappa shape index (κ3) is 6.29. The van der Waals surface area contributed by atoms with Crippen LogP contribution in [0, 0.1) is 0 Å². The van der Waals surface area contributed by atoms with Gasteiger partial charge in [0.05, 0.1) is 14.2 Å². The maximum atomic E-state index is 12.9. The second-order valence-electron chi connectivity index (χ2n) is 6.28. The number of rotatable bonds is 9. The van der Waals surface area contributed by atoms with Crippen molar-refractivity contribution in [2.45, 2.75) is 19.5 Å². The van der Waals surface area contributed by atoms with Gasteiger partial charge in [-0.2, -0.15) is 0 Å². The van der Waals surface area contributed by atoms with Gasteiger partial charge in [-0.1, -0.05) is 23.7 Å². The number of hydrogen-bond donors (Lipinski definition) is 1. The van der Waals surface area contributed by atoms with Crippen LogP contribution in [0.1, 0.15) is 12.5 Å². The van der Waals surface area contributed by atoms with Crippen LogP contribution in [0.4, 0.5) is 0 Å². The van der Waals surface area contributed by atoms with Gasteiger partial charge in [0.1, 0.15) is 23.3 Å². The summed E-state index contributed by atoms with van der Waals surface area (Å²) < 4.78 is 16.1. The van der Waals surface area contributed by atoms with Crippen LogP contribution in [0.2, 0.25) is 5.02 Å². The Morgan fingerprint density at radius 2 is 1.69 bits per heavy atom. The van der Waals surface area contributed by atoms with Crippen molar-refractivity contribution in [1.29, 1.82) is 0 Å². The maximum Gasteiger partial charge on any atom is 0.261 e. The highest BCUT2D eigenvalue weighted by Gasteiger charge is 2.26. The largest absolute Gasteiger partial charge is 0.496 e. The number of nitrogens with zero attached hydrogens (tertiary/aromatic N) is 1. The van der Waals surface area contributed by atoms with Crippen molar-refractivity contribution in [2.75, 3.05) is 27.9 Å². The van der Waals surface area contributed by atoms with Crippen LogP contribution in [0.5, 0.6) is 17.2 Å². The lowest BCUT2D eigenvalue weighted by Gasteiger charge is -2.28. The van der Waals surface area contributed by atoms with Gasteiger partial charge in [-0.05, 0) is 24.6 Å². The quantitative estimate of drug-likeness (QED) is 0.675. The summed E-state index contributed by atoms with van der Waals surface area (Å²) >= 11 is 6.04. The fourth-order valence-corrected chi connectivity index (χ4v) is 2.93. The summed E-state index contributed by atoms with van der Waals surface area (Å²) in [5.41, 5.74) is 0.810. The molecule has 0 aromatic heterocycles. The second kappa shape index (κ2) is 10.6. The van der Waals surface area contributed by atoms with E-state index < -0.39 is 6.04 Å². The molecule has 156 valence electrons. The van der Waals surface area contributed by atoms with Crippen molar-refractivity contribution in [3.63, 3.8) is 0 Å². The monoisotopic (exact) mass is 420 g/mol. The van der Waals surface area contributed by atoms with Gasteiger partial charge in [0, 0.05) is 36.8 Å². The fourth-order valence-electron chi connectivity index (χ4n) is 2.72. The molecule has 0 saturated heterocycles. The van der Waals surface area contributed by atoms with Crippen molar-refractivity contribution in [1.82, 2.24) is 10.2 Å². The van der Waals surface area contributed by atoms with E-state index in [-0.39, 0.29) is 25.0 Å². The Morgan fingerprint density at radius 3 is 2.24 bits per heavy atom. The van der Waals surface area contributed by atoms with Crippen LogP contribution in [0.3, 0.4) is 0 Å². The summed E-state index contributed by atoms with van der Waals surface area (Å²) in [4.78, 5) is 26.5. The van der Waals surface area contributed by atoms with E-state index in [1.807, 2.05) is 6.07 Å². The van der Waals surface area contributed by atoms with Crippen LogP contribution >= 0.6 is 11.6 Å². The van der Waals surface area contributed by atoms with Gasteiger partial charge >= 0.3 is 0 Å². The van der Waals surface area contributed by atoms with E-state index in [9.17, 15) is 9.59 Å². The molecule has 0 aliphatic rings. The molecule has 0 aliphatic heterocycles. The maximum absolute atomic E-state index is 12.9. The molecule has 2 rings (SSSR count). The van der Waals surface area contributed by atoms with Crippen LogP contribution in [0.15, 0.2) is 42.5 Å². The third-order valence-electron chi connectivity index (χ3n) is 4.34. The van der Waals surface area contributed by atoms with Crippen LogP contribution in [-0.2, 0) is 16.1 Å². The molecule has 1 N–H and O–H groups in total. The number of carbonyl (C=O) groups excluding carboxylic acids is 2. The topological polar surface area (TPSA) is 77.1 Å². The van der Waals surface area contributed by atoms with E-state index in [1.54, 1.807) is 43.3 Å². The number of methoxy groups -OCH3 is 2. The molecule has 1 atom stereocenters. The average molecular weight is 421 g/mol. The molecule has 0 saturated carbocycles. The first-order valence-electron chi connectivity index (χ1n) is 8.99. The Morgan fingerprint density at radius 1 is 1.07 bits per heavy atom. The van der Waals surface area contributed by atoms with Gasteiger partial charge in [0.2, 0.25) is 5.91 Å². The van der Waals surface area contributed by atoms with Gasteiger partial charge in [-0.15, -0.1) is 0 Å². The van der Waals surface area contributed by atoms with Gasteiger partial charge < -0.3 is 24.4 Å². The molecular weight excluding hydrogens is 396 g/mol. The molecule has 0 fully saturated rings. The van der Waals surface area contributed by atoms with Crippen molar-refractivity contribution >= 4 is 23.4 Å². The molecule has 0 spiro atoms. The summed E-state index contributed by atoms with van der Waals surface area (Å²) in [7, 11) is 4.59. The Kier molecular flexibility index (Phi) is 8.15. The minimum Gasteiger partial charge on any atom is -0.496 e. The number of benzene rings is 2. The zero-order valence-electron chi connectivity index (χ0n) is 16.9. The SMILES string of the molecule is CNC(=O)[C@@H](C)N(Cc1cccc(Cl)c1)C(=O)COc1cc(OC)cc(OC)c1. The number of likely N-dealkylation sites (N-methyl/N-ethyl adjacent to an activating group) is 1. The smallest absolute Gasteiger partial charge is 0.261 e. The Hall–Kier alpha value is -2.93. The van der Waals surface area contributed by atoms with E-state index in [2.05, 4.69) is 5.32 Å². The number of nitrogens with one attached hydrogen (secondary N) is 1. The third-order valence-corrected chi connectivity index (χ3v) is 4.58. The summed E-state index contributed by atoms with van der Waals surface area (Å²) in [6.45, 7) is 1.63. The van der Waals surface area contributed by atoms with Gasteiger partial charge in [0.15, 0.2) is 6.61 Å². The predicted octanol–water partition coefficient (Wildman–Crippen LogP) is 2.90. The molecule has 0 bridgehead atoms. The number of ether oxygens (including phenoxy) is 3. The van der Waals surface area contributed by atoms with E-state index in [0.29, 0.717) is 22.3 Å². The summed E-state index contributed by atoms with van der Waals surface area (Å²) in [5.74, 6) is 0.888. The minimum atomic E-state index is -0.685. The Labute approximate surface area is 175 Å². The molecule has 0 radical (unpaired) electrons. The minimum absolute atomic E-state index is 0.221. The standard InChI is InChI=1S/C21H25ClN2O5/c1-14(21(26)23-2)24(12-15-6-5-7-16(22)8-15)20(25)13-29-19-10-17(27-3)9-18(11-19)28-4/h5-11,14H,12-13H2,1-4H3,(H,23,26)/t14-/m1/s1. The summed E-state index contributed by atoms with van der Waals surface area (Å²) in [6.07, 6.45) is 0. The number of amides is 2. The van der Waals surface area contributed by atoms with E-state index in [4.69, 9.17) is 25.8 Å². The number of hydrogen-bond acceptors (Lipinski definition) is 5. The zero-order valence-corrected chi connectivity index (χ0v) is 17.7. The molecule has 0 aliphatic carbocycles. The van der Waals surface area contributed by atoms with Crippen molar-refractivity contribution in [3.05, 3.63) is 53.1 Å². The highest BCUT2D eigenvalue weighted by Crippen LogP contribution is 2.27. The first-order valence-corrected chi connectivity index (χ1v) is 9.37. The predicted molar refractivity (Wildman–Crippen MR) is 111 cm³/mol. The van der Waals surface area contributed by atoms with E-state index in [1.165, 1.54) is 26.2 Å².